The summed E-state index contributed by atoms with van der Waals surface area (Å²) in [5.74, 6) is -4.52. The maximum atomic E-state index is 14.8. The monoisotopic (exact) mass is 464 g/mol. The van der Waals surface area contributed by atoms with Crippen LogP contribution in [0.1, 0.15) is 17.3 Å². The molecule has 0 radical (unpaired) electrons. The molecule has 0 unspecified atom stereocenters. The molecule has 0 saturated heterocycles. The van der Waals surface area contributed by atoms with Crippen molar-refractivity contribution >= 4 is 39.0 Å². The summed E-state index contributed by atoms with van der Waals surface area (Å²) in [5.41, 5.74) is -1.64. The van der Waals surface area contributed by atoms with Gasteiger partial charge in [-0.15, -0.1) is 0 Å². The highest BCUT2D eigenvalue weighted by molar-refractivity contribution is 7.92. The van der Waals surface area contributed by atoms with Crippen molar-refractivity contribution in [2.45, 2.75) is 11.8 Å². The standard InChI is InChI=1S/C20H15F3N4O4S/c1-11(28)25-17-8-5-12(10-24-17)20(29)26-19-15(22)6-7-16(18(19)23)27-32(30,31)14-4-2-3-13(21)9-14/h2-10,27H,1H3,(H,26,29)(H,24,25,28). The van der Waals surface area contributed by atoms with E-state index in [2.05, 4.69) is 10.3 Å². The van der Waals surface area contributed by atoms with Crippen LogP contribution in [0.2, 0.25) is 0 Å². The number of carbonyl (C=O) groups excluding carboxylic acids is 2. The molecule has 2 amide bonds. The molecule has 2 aromatic carbocycles. The number of nitrogens with zero attached hydrogens (tertiary/aromatic N) is 1. The number of anilines is 3. The number of rotatable bonds is 6. The van der Waals surface area contributed by atoms with Crippen molar-refractivity contribution in [3.63, 3.8) is 0 Å². The van der Waals surface area contributed by atoms with Crippen molar-refractivity contribution in [3.8, 4) is 0 Å². The first kappa shape index (κ1) is 22.7. The van der Waals surface area contributed by atoms with Crippen LogP contribution in [0.25, 0.3) is 0 Å². The van der Waals surface area contributed by atoms with Crippen molar-refractivity contribution in [1.82, 2.24) is 4.98 Å². The van der Waals surface area contributed by atoms with Crippen molar-refractivity contribution in [1.29, 1.82) is 0 Å². The lowest BCUT2D eigenvalue weighted by atomic mass is 10.2. The van der Waals surface area contributed by atoms with Gasteiger partial charge in [0.2, 0.25) is 5.91 Å². The van der Waals surface area contributed by atoms with Crippen LogP contribution in [0, 0.1) is 17.5 Å². The summed E-state index contributed by atoms with van der Waals surface area (Å²) < 4.78 is 69.0. The van der Waals surface area contributed by atoms with E-state index in [0.717, 1.165) is 42.6 Å². The molecule has 8 nitrogen and oxygen atoms in total. The fourth-order valence-electron chi connectivity index (χ4n) is 2.55. The van der Waals surface area contributed by atoms with Crippen LogP contribution in [-0.4, -0.2) is 25.2 Å². The average Bonchev–Trinajstić information content (AvgIpc) is 2.73. The Kier molecular flexibility index (Phi) is 6.44. The lowest BCUT2D eigenvalue weighted by Crippen LogP contribution is -2.18. The number of amides is 2. The molecule has 3 aromatic rings. The Morgan fingerprint density at radius 1 is 0.969 bits per heavy atom. The topological polar surface area (TPSA) is 117 Å². The second-order valence-corrected chi connectivity index (χ2v) is 8.10. The number of hydrogen-bond acceptors (Lipinski definition) is 5. The quantitative estimate of drug-likeness (QED) is 0.516. The molecule has 32 heavy (non-hydrogen) atoms. The molecule has 0 fully saturated rings. The van der Waals surface area contributed by atoms with Crippen LogP contribution in [-0.2, 0) is 14.8 Å². The number of aromatic nitrogens is 1. The molecular formula is C20H15F3N4O4S. The molecule has 0 saturated carbocycles. The summed E-state index contributed by atoms with van der Waals surface area (Å²) in [7, 11) is -4.39. The van der Waals surface area contributed by atoms with Crippen LogP contribution >= 0.6 is 0 Å². The van der Waals surface area contributed by atoms with E-state index in [-0.39, 0.29) is 17.3 Å². The van der Waals surface area contributed by atoms with Gasteiger partial charge < -0.3 is 10.6 Å². The molecule has 166 valence electrons. The first-order chi connectivity index (χ1) is 15.1. The zero-order chi connectivity index (χ0) is 23.5. The van der Waals surface area contributed by atoms with Crippen LogP contribution in [0.5, 0.6) is 0 Å². The first-order valence-corrected chi connectivity index (χ1v) is 10.4. The van der Waals surface area contributed by atoms with Gasteiger partial charge in [0.25, 0.3) is 15.9 Å². The molecule has 0 atom stereocenters. The minimum Gasteiger partial charge on any atom is -0.317 e. The van der Waals surface area contributed by atoms with E-state index in [1.165, 1.54) is 19.1 Å². The van der Waals surface area contributed by atoms with E-state index in [1.54, 1.807) is 0 Å². The summed E-state index contributed by atoms with van der Waals surface area (Å²) in [6.45, 7) is 1.27. The van der Waals surface area contributed by atoms with Crippen LogP contribution in [0.4, 0.5) is 30.4 Å². The van der Waals surface area contributed by atoms with Crippen molar-refractivity contribution in [3.05, 3.63) is 77.7 Å². The zero-order valence-electron chi connectivity index (χ0n) is 16.3. The number of hydrogen-bond donors (Lipinski definition) is 3. The third kappa shape index (κ3) is 5.21. The van der Waals surface area contributed by atoms with Gasteiger partial charge in [0.1, 0.15) is 23.1 Å². The fourth-order valence-corrected chi connectivity index (χ4v) is 3.64. The summed E-state index contributed by atoms with van der Waals surface area (Å²) in [4.78, 5) is 26.7. The minimum atomic E-state index is -4.39. The minimum absolute atomic E-state index is 0.0800. The predicted octanol–water partition coefficient (Wildman–Crippen LogP) is 3.51. The molecular weight excluding hydrogens is 449 g/mol. The van der Waals surface area contributed by atoms with Gasteiger partial charge in [0.15, 0.2) is 5.82 Å². The predicted molar refractivity (Wildman–Crippen MR) is 110 cm³/mol. The maximum absolute atomic E-state index is 14.8. The number of sulfonamides is 1. The second-order valence-electron chi connectivity index (χ2n) is 6.41. The molecule has 0 spiro atoms. The lowest BCUT2D eigenvalue weighted by molar-refractivity contribution is -0.114. The highest BCUT2D eigenvalue weighted by Crippen LogP contribution is 2.28. The second kappa shape index (κ2) is 9.06. The normalized spacial score (nSPS) is 11.0. The van der Waals surface area contributed by atoms with Gasteiger partial charge in [0, 0.05) is 13.1 Å². The third-order valence-electron chi connectivity index (χ3n) is 4.01. The lowest BCUT2D eigenvalue weighted by Gasteiger charge is -2.13. The number of carbonyl (C=O) groups is 2. The Balaban J connectivity index is 1.85. The average molecular weight is 464 g/mol. The van der Waals surface area contributed by atoms with E-state index in [4.69, 9.17) is 0 Å². The highest BCUT2D eigenvalue weighted by Gasteiger charge is 2.22. The zero-order valence-corrected chi connectivity index (χ0v) is 17.1. The Hall–Kier alpha value is -3.93. The summed E-state index contributed by atoms with van der Waals surface area (Å²) in [5, 5.41) is 4.41. The van der Waals surface area contributed by atoms with Gasteiger partial charge in [-0.05, 0) is 42.5 Å². The fraction of sp³-hybridized carbons (Fsp3) is 0.0500. The van der Waals surface area contributed by atoms with Crippen molar-refractivity contribution in [2.75, 3.05) is 15.4 Å². The molecule has 3 N–H and O–H groups in total. The summed E-state index contributed by atoms with van der Waals surface area (Å²) >= 11 is 0. The number of halogens is 3. The number of benzene rings is 2. The Morgan fingerprint density at radius 2 is 1.72 bits per heavy atom. The first-order valence-electron chi connectivity index (χ1n) is 8.88. The van der Waals surface area contributed by atoms with Crippen LogP contribution < -0.4 is 15.4 Å². The molecule has 0 aliphatic heterocycles. The molecule has 0 bridgehead atoms. The van der Waals surface area contributed by atoms with Gasteiger partial charge in [-0.25, -0.2) is 26.6 Å². The summed E-state index contributed by atoms with van der Waals surface area (Å²) in [6.07, 6.45) is 1.08. The van der Waals surface area contributed by atoms with Crippen LogP contribution in [0.3, 0.4) is 0 Å². The Labute approximate surface area is 180 Å². The molecule has 0 aliphatic carbocycles. The van der Waals surface area contributed by atoms with Crippen molar-refractivity contribution < 1.29 is 31.2 Å². The summed E-state index contributed by atoms with van der Waals surface area (Å²) in [6, 6.07) is 8.15. The van der Waals surface area contributed by atoms with Gasteiger partial charge in [-0.3, -0.25) is 14.3 Å². The van der Waals surface area contributed by atoms with Gasteiger partial charge in [-0.2, -0.15) is 0 Å². The van der Waals surface area contributed by atoms with Gasteiger partial charge in [0.05, 0.1) is 16.1 Å². The third-order valence-corrected chi connectivity index (χ3v) is 5.37. The van der Waals surface area contributed by atoms with Gasteiger partial charge >= 0.3 is 0 Å². The number of pyridine rings is 1. The Bertz CT molecular complexity index is 1300. The van der Waals surface area contributed by atoms with E-state index in [0.29, 0.717) is 0 Å². The molecule has 12 heteroatoms. The molecule has 1 heterocycles. The number of nitrogens with one attached hydrogen (secondary N) is 3. The Morgan fingerprint density at radius 3 is 2.34 bits per heavy atom. The van der Waals surface area contributed by atoms with E-state index in [1.807, 2.05) is 10.0 Å². The molecule has 3 rings (SSSR count). The van der Waals surface area contributed by atoms with E-state index >= 15 is 0 Å². The smallest absolute Gasteiger partial charge is 0.262 e. The van der Waals surface area contributed by atoms with Crippen LogP contribution in [0.15, 0.2) is 59.6 Å². The molecule has 0 aliphatic rings. The SMILES string of the molecule is CC(=O)Nc1ccc(C(=O)Nc2c(F)ccc(NS(=O)(=O)c3cccc(F)c3)c2F)cn1. The largest absolute Gasteiger partial charge is 0.317 e. The van der Waals surface area contributed by atoms with Gasteiger partial charge in [-0.1, -0.05) is 6.07 Å². The maximum Gasteiger partial charge on any atom is 0.262 e. The molecule has 1 aromatic heterocycles. The van der Waals surface area contributed by atoms with Crippen molar-refractivity contribution in [2.24, 2.45) is 0 Å². The van der Waals surface area contributed by atoms with E-state index in [9.17, 15) is 31.2 Å². The highest BCUT2D eigenvalue weighted by atomic mass is 32.2. The van der Waals surface area contributed by atoms with E-state index < -0.39 is 49.7 Å².